The number of hydrogen-bond donors (Lipinski definition) is 1. The summed E-state index contributed by atoms with van der Waals surface area (Å²) in [4.78, 5) is 4.48. The number of rotatable bonds is 3. The van der Waals surface area contributed by atoms with Crippen LogP contribution in [0.5, 0.6) is 0 Å². The number of aromatic nitrogens is 4. The van der Waals surface area contributed by atoms with E-state index in [2.05, 4.69) is 33.5 Å². The van der Waals surface area contributed by atoms with E-state index in [1.807, 2.05) is 18.2 Å². The van der Waals surface area contributed by atoms with E-state index in [0.29, 0.717) is 17.8 Å². The van der Waals surface area contributed by atoms with Gasteiger partial charge in [0, 0.05) is 18.5 Å². The Balaban J connectivity index is 0.00000132. The molecule has 1 aliphatic heterocycles. The Morgan fingerprint density at radius 1 is 1.33 bits per heavy atom. The highest BCUT2D eigenvalue weighted by molar-refractivity contribution is 5.85. The second kappa shape index (κ2) is 5.46. The first-order valence-electron chi connectivity index (χ1n) is 6.88. The molecule has 1 N–H and O–H groups in total. The standard InChI is InChI=1S/C14H15N5O.ClH/c1-2-11-10-5-3-4-6-12(10)19(17-11)14-16-13(20-18-14)9-7-15-8-9;/h3-6,9,15H,2,7-8H2,1H3;1H. The number of nitrogens with one attached hydrogen (secondary N) is 1. The maximum Gasteiger partial charge on any atom is 0.291 e. The van der Waals surface area contributed by atoms with E-state index >= 15 is 0 Å². The van der Waals surface area contributed by atoms with Crippen molar-refractivity contribution in [3.05, 3.63) is 35.9 Å². The molecule has 110 valence electrons. The van der Waals surface area contributed by atoms with E-state index in [1.54, 1.807) is 4.68 Å². The molecule has 0 bridgehead atoms. The zero-order valence-corrected chi connectivity index (χ0v) is 12.4. The molecule has 0 unspecified atom stereocenters. The predicted molar refractivity (Wildman–Crippen MR) is 81.2 cm³/mol. The topological polar surface area (TPSA) is 68.8 Å². The first kappa shape index (κ1) is 14.0. The summed E-state index contributed by atoms with van der Waals surface area (Å²) in [5, 5.41) is 13.0. The number of hydrogen-bond acceptors (Lipinski definition) is 5. The van der Waals surface area contributed by atoms with Crippen molar-refractivity contribution in [2.75, 3.05) is 13.1 Å². The number of aryl methyl sites for hydroxylation is 1. The number of benzene rings is 1. The third-order valence-corrected chi connectivity index (χ3v) is 3.75. The molecule has 3 heterocycles. The fourth-order valence-corrected chi connectivity index (χ4v) is 2.49. The molecule has 0 atom stereocenters. The summed E-state index contributed by atoms with van der Waals surface area (Å²) in [5.41, 5.74) is 2.07. The van der Waals surface area contributed by atoms with Crippen LogP contribution in [0.1, 0.15) is 24.4 Å². The Morgan fingerprint density at radius 2 is 2.14 bits per heavy atom. The molecule has 0 spiro atoms. The van der Waals surface area contributed by atoms with Gasteiger partial charge in [0.25, 0.3) is 5.95 Å². The Morgan fingerprint density at radius 3 is 2.86 bits per heavy atom. The maximum absolute atomic E-state index is 5.35. The minimum Gasteiger partial charge on any atom is -0.337 e. The molecule has 21 heavy (non-hydrogen) atoms. The van der Waals surface area contributed by atoms with Gasteiger partial charge in [-0.2, -0.15) is 14.8 Å². The van der Waals surface area contributed by atoms with Gasteiger partial charge in [0.2, 0.25) is 5.89 Å². The van der Waals surface area contributed by atoms with Crippen LogP contribution in [0.3, 0.4) is 0 Å². The average Bonchev–Trinajstić information content (AvgIpc) is 3.01. The molecule has 0 amide bonds. The molecule has 4 rings (SSSR count). The van der Waals surface area contributed by atoms with Gasteiger partial charge in [-0.25, -0.2) is 0 Å². The molecule has 1 aromatic carbocycles. The van der Waals surface area contributed by atoms with Gasteiger partial charge in [-0.1, -0.05) is 25.1 Å². The van der Waals surface area contributed by atoms with Crippen molar-refractivity contribution < 1.29 is 4.52 Å². The van der Waals surface area contributed by atoms with Gasteiger partial charge in [-0.05, 0) is 17.6 Å². The van der Waals surface area contributed by atoms with Crippen molar-refractivity contribution in [1.29, 1.82) is 0 Å². The Kier molecular flexibility index (Phi) is 3.65. The first-order chi connectivity index (χ1) is 9.86. The molecule has 0 aliphatic carbocycles. The second-order valence-corrected chi connectivity index (χ2v) is 5.02. The molecule has 7 heteroatoms. The van der Waals surface area contributed by atoms with E-state index in [1.165, 1.54) is 0 Å². The summed E-state index contributed by atoms with van der Waals surface area (Å²) >= 11 is 0. The minimum absolute atomic E-state index is 0. The lowest BCUT2D eigenvalue weighted by molar-refractivity contribution is 0.307. The molecular weight excluding hydrogens is 290 g/mol. The molecule has 3 aromatic rings. The van der Waals surface area contributed by atoms with Crippen LogP contribution >= 0.6 is 12.4 Å². The predicted octanol–water partition coefficient (Wildman–Crippen LogP) is 2.08. The van der Waals surface area contributed by atoms with Crippen LogP contribution in [0, 0.1) is 0 Å². The fraction of sp³-hybridized carbons (Fsp3) is 0.357. The molecule has 0 radical (unpaired) electrons. The summed E-state index contributed by atoms with van der Waals surface area (Å²) in [5.74, 6) is 1.54. The van der Waals surface area contributed by atoms with E-state index in [4.69, 9.17) is 4.52 Å². The van der Waals surface area contributed by atoms with Gasteiger partial charge in [0.1, 0.15) is 0 Å². The van der Waals surface area contributed by atoms with E-state index in [-0.39, 0.29) is 12.4 Å². The lowest BCUT2D eigenvalue weighted by Gasteiger charge is -2.22. The second-order valence-electron chi connectivity index (χ2n) is 5.02. The number of halogens is 1. The fourth-order valence-electron chi connectivity index (χ4n) is 2.49. The average molecular weight is 306 g/mol. The SMILES string of the molecule is CCc1nn(-c2noc(C3CNC3)n2)c2ccccc12.Cl. The van der Waals surface area contributed by atoms with Crippen molar-refractivity contribution >= 4 is 23.3 Å². The van der Waals surface area contributed by atoms with E-state index in [0.717, 1.165) is 36.1 Å². The highest BCUT2D eigenvalue weighted by Gasteiger charge is 2.26. The van der Waals surface area contributed by atoms with Crippen molar-refractivity contribution in [3.63, 3.8) is 0 Å². The van der Waals surface area contributed by atoms with Crippen LogP contribution in [0.4, 0.5) is 0 Å². The van der Waals surface area contributed by atoms with E-state index < -0.39 is 0 Å². The lowest BCUT2D eigenvalue weighted by atomic mass is 10.0. The minimum atomic E-state index is 0. The van der Waals surface area contributed by atoms with Crippen LogP contribution in [-0.4, -0.2) is 33.0 Å². The van der Waals surface area contributed by atoms with Gasteiger partial charge in [-0.15, -0.1) is 12.4 Å². The Hall–Kier alpha value is -1.92. The lowest BCUT2D eigenvalue weighted by Crippen LogP contribution is -2.40. The summed E-state index contributed by atoms with van der Waals surface area (Å²) in [6.07, 6.45) is 0.880. The third kappa shape index (κ3) is 2.20. The molecule has 1 aliphatic rings. The quantitative estimate of drug-likeness (QED) is 0.802. The van der Waals surface area contributed by atoms with Gasteiger partial charge in [0.15, 0.2) is 0 Å². The maximum atomic E-state index is 5.35. The number of para-hydroxylation sites is 1. The van der Waals surface area contributed by atoms with Crippen LogP contribution in [-0.2, 0) is 6.42 Å². The van der Waals surface area contributed by atoms with Gasteiger partial charge in [-0.3, -0.25) is 0 Å². The Labute approximate surface area is 127 Å². The molecule has 1 fully saturated rings. The largest absolute Gasteiger partial charge is 0.337 e. The molecule has 2 aromatic heterocycles. The molecule has 1 saturated heterocycles. The normalized spacial score (nSPS) is 14.9. The van der Waals surface area contributed by atoms with Crippen molar-refractivity contribution in [2.45, 2.75) is 19.3 Å². The molecule has 6 nitrogen and oxygen atoms in total. The summed E-state index contributed by atoms with van der Waals surface area (Å²) in [7, 11) is 0. The van der Waals surface area contributed by atoms with Crippen molar-refractivity contribution in [1.82, 2.24) is 25.2 Å². The van der Waals surface area contributed by atoms with Crippen LogP contribution in [0.2, 0.25) is 0 Å². The van der Waals surface area contributed by atoms with Crippen molar-refractivity contribution in [3.8, 4) is 5.95 Å². The third-order valence-electron chi connectivity index (χ3n) is 3.75. The molecular formula is C14H16ClN5O. The first-order valence-corrected chi connectivity index (χ1v) is 6.88. The van der Waals surface area contributed by atoms with Gasteiger partial charge < -0.3 is 9.84 Å². The van der Waals surface area contributed by atoms with Crippen molar-refractivity contribution in [2.24, 2.45) is 0 Å². The van der Waals surface area contributed by atoms with Gasteiger partial charge >= 0.3 is 0 Å². The van der Waals surface area contributed by atoms with Gasteiger partial charge in [0.05, 0.1) is 17.1 Å². The highest BCUT2D eigenvalue weighted by atomic mass is 35.5. The smallest absolute Gasteiger partial charge is 0.291 e. The van der Waals surface area contributed by atoms with E-state index in [9.17, 15) is 0 Å². The Bertz CT molecular complexity index is 762. The summed E-state index contributed by atoms with van der Waals surface area (Å²) < 4.78 is 7.12. The van der Waals surface area contributed by atoms with Crippen LogP contribution < -0.4 is 5.32 Å². The van der Waals surface area contributed by atoms with Crippen LogP contribution in [0.25, 0.3) is 16.9 Å². The summed E-state index contributed by atoms with van der Waals surface area (Å²) in [6, 6.07) is 8.13. The molecule has 0 saturated carbocycles. The zero-order valence-electron chi connectivity index (χ0n) is 11.6. The highest BCUT2D eigenvalue weighted by Crippen LogP contribution is 2.23. The number of nitrogens with zero attached hydrogens (tertiary/aromatic N) is 4. The zero-order chi connectivity index (χ0) is 13.5. The number of fused-ring (bicyclic) bond motifs is 1. The monoisotopic (exact) mass is 305 g/mol. The summed E-state index contributed by atoms with van der Waals surface area (Å²) in [6.45, 7) is 3.91. The van der Waals surface area contributed by atoms with Crippen LogP contribution in [0.15, 0.2) is 28.8 Å².